The van der Waals surface area contributed by atoms with Crippen LogP contribution in [0.25, 0.3) is 72.8 Å². The number of fused-ring (bicyclic) bond motifs is 3. The minimum absolute atomic E-state index is 0.0628. The third-order valence-electron chi connectivity index (χ3n) is 12.6. The van der Waals surface area contributed by atoms with Crippen LogP contribution in [-0.4, -0.2) is 70.3 Å². The number of aromatic nitrogens is 9. The first-order valence-electron chi connectivity index (χ1n) is 24.7. The normalized spacial score (nSPS) is 13.1. The van der Waals surface area contributed by atoms with Gasteiger partial charge < -0.3 is 15.0 Å². The fourth-order valence-corrected chi connectivity index (χ4v) is 10.2. The van der Waals surface area contributed by atoms with E-state index in [4.69, 9.17) is 9.97 Å². The number of hydrogen-bond donors (Lipinski definition) is 3. The Balaban J connectivity index is 0.000000147. The molecule has 73 heavy (non-hydrogen) atoms. The van der Waals surface area contributed by atoms with Crippen molar-refractivity contribution in [2.24, 2.45) is 16.2 Å². The van der Waals surface area contributed by atoms with E-state index in [9.17, 15) is 14.4 Å². The quantitative estimate of drug-likeness (QED) is 0.0759. The van der Waals surface area contributed by atoms with Crippen LogP contribution in [-0.2, 0) is 0 Å². The number of Topliss-reactive ketones (excluding diaryl/α,β-unsaturated/α-hetero) is 3. The molecule has 0 fully saturated rings. The molecule has 0 unspecified atom stereocenters. The van der Waals surface area contributed by atoms with Crippen LogP contribution in [0.15, 0.2) is 116 Å². The lowest BCUT2D eigenvalue weighted by atomic mass is 9.87. The Bertz CT molecular complexity index is 3580. The Hall–Kier alpha value is -6.78. The van der Waals surface area contributed by atoms with Crippen LogP contribution in [0.3, 0.4) is 0 Å². The number of nitrogens with zero attached hydrogens (tertiary/aromatic N) is 6. The fourth-order valence-electron chi connectivity index (χ4n) is 8.43. The van der Waals surface area contributed by atoms with Gasteiger partial charge in [0.05, 0.1) is 60.4 Å². The number of aromatic amines is 3. The number of allylic oxidation sites excluding steroid dienone is 2. The molecule has 374 valence electrons. The van der Waals surface area contributed by atoms with Crippen molar-refractivity contribution in [2.45, 2.75) is 101 Å². The van der Waals surface area contributed by atoms with Crippen LogP contribution < -0.4 is 5.19 Å². The molecule has 1 aliphatic carbocycles. The van der Waals surface area contributed by atoms with Gasteiger partial charge in [0.25, 0.3) is 0 Å². The van der Waals surface area contributed by atoms with E-state index in [2.05, 4.69) is 126 Å². The van der Waals surface area contributed by atoms with Gasteiger partial charge in [0.2, 0.25) is 0 Å². The lowest BCUT2D eigenvalue weighted by Crippen LogP contribution is -2.37. The summed E-state index contributed by atoms with van der Waals surface area (Å²) in [6.45, 7) is 24.2. The summed E-state index contributed by atoms with van der Waals surface area (Å²) in [7, 11) is -1.40. The van der Waals surface area contributed by atoms with Gasteiger partial charge in [0, 0.05) is 55.1 Å². The van der Waals surface area contributed by atoms with Gasteiger partial charge in [0.1, 0.15) is 16.6 Å². The highest BCUT2D eigenvalue weighted by Crippen LogP contribution is 2.33. The van der Waals surface area contributed by atoms with E-state index in [0.717, 1.165) is 50.2 Å². The van der Waals surface area contributed by atoms with Crippen LogP contribution in [0.5, 0.6) is 0 Å². The summed E-state index contributed by atoms with van der Waals surface area (Å²) in [5, 5.41) is 1.38. The van der Waals surface area contributed by atoms with Crippen molar-refractivity contribution in [3.05, 3.63) is 142 Å². The van der Waals surface area contributed by atoms with Crippen LogP contribution in [0.2, 0.25) is 19.6 Å². The van der Waals surface area contributed by atoms with E-state index < -0.39 is 24.3 Å². The Morgan fingerprint density at radius 3 is 1.29 bits per heavy atom. The minimum atomic E-state index is -1.40. The van der Waals surface area contributed by atoms with Gasteiger partial charge >= 0.3 is 0 Å². The number of rotatable bonds is 8. The summed E-state index contributed by atoms with van der Waals surface area (Å²) in [6.07, 6.45) is 16.3. The van der Waals surface area contributed by atoms with Crippen molar-refractivity contribution in [3.8, 4) is 33.8 Å². The zero-order chi connectivity index (χ0) is 52.6. The molecule has 0 spiro atoms. The number of hydrogen-bond acceptors (Lipinski definition) is 9. The van der Waals surface area contributed by atoms with Crippen LogP contribution in [0.1, 0.15) is 118 Å². The number of nitrogens with one attached hydrogen (secondary N) is 3. The van der Waals surface area contributed by atoms with Crippen molar-refractivity contribution in [3.63, 3.8) is 0 Å². The average Bonchev–Trinajstić information content (AvgIpc) is 4.19. The van der Waals surface area contributed by atoms with E-state index in [1.54, 1.807) is 37.2 Å². The second kappa shape index (κ2) is 20.6. The van der Waals surface area contributed by atoms with Crippen molar-refractivity contribution >= 4 is 92.3 Å². The Kier molecular flexibility index (Phi) is 14.8. The molecule has 0 atom stereocenters. The molecule has 0 saturated carbocycles. The maximum Gasteiger partial charge on any atom is 0.171 e. The highest BCUT2D eigenvalue weighted by atomic mass is 127. The lowest BCUT2D eigenvalue weighted by molar-refractivity contribution is 0.0854. The monoisotopic (exact) mass is 1100 g/mol. The van der Waals surface area contributed by atoms with Gasteiger partial charge in [-0.3, -0.25) is 14.4 Å². The molecule has 6 aromatic heterocycles. The molecule has 0 amide bonds. The zero-order valence-electron chi connectivity index (χ0n) is 43.9. The van der Waals surface area contributed by atoms with E-state index in [1.165, 1.54) is 22.7 Å². The molecule has 10 rings (SSSR count). The predicted octanol–water partition coefficient (Wildman–Crippen LogP) is 14.3. The zero-order valence-corrected chi connectivity index (χ0v) is 47.0. The maximum absolute atomic E-state index is 12.7. The van der Waals surface area contributed by atoms with Gasteiger partial charge in [-0.15, -0.1) is 0 Å². The molecule has 9 aromatic rings. The number of halogens is 1. The average molecular weight is 1100 g/mol. The third-order valence-corrected chi connectivity index (χ3v) is 15.3. The largest absolute Gasteiger partial charge is 0.344 e. The molecular formula is C59H64IN9O3Si. The van der Waals surface area contributed by atoms with Gasteiger partial charge in [-0.2, -0.15) is 0 Å². The van der Waals surface area contributed by atoms with Crippen molar-refractivity contribution in [1.29, 1.82) is 0 Å². The first-order chi connectivity index (χ1) is 34.4. The summed E-state index contributed by atoms with van der Waals surface area (Å²) >= 11 is 2.27. The maximum atomic E-state index is 12.7. The molecule has 0 radical (unpaired) electrons. The minimum Gasteiger partial charge on any atom is -0.344 e. The van der Waals surface area contributed by atoms with Crippen molar-refractivity contribution in [2.75, 3.05) is 0 Å². The molecule has 3 aromatic carbocycles. The van der Waals surface area contributed by atoms with E-state index >= 15 is 0 Å². The van der Waals surface area contributed by atoms with Crippen molar-refractivity contribution in [1.82, 2.24) is 44.9 Å². The number of ketones is 3. The molecular weight excluding hydrogens is 1040 g/mol. The van der Waals surface area contributed by atoms with E-state index in [-0.39, 0.29) is 17.3 Å². The van der Waals surface area contributed by atoms with Crippen LogP contribution in [0.4, 0.5) is 0 Å². The first-order valence-corrected chi connectivity index (χ1v) is 29.3. The Morgan fingerprint density at radius 1 is 0.521 bits per heavy atom. The number of H-pyrrole nitrogens is 3. The molecule has 1 aliphatic rings. The highest BCUT2D eigenvalue weighted by molar-refractivity contribution is 14.1. The fraction of sp³-hybridized carbons (Fsp3) is 0.305. The molecule has 6 heterocycles. The number of carbonyl (C=O) groups excluding carboxylic acids is 3. The summed E-state index contributed by atoms with van der Waals surface area (Å²) in [6, 6.07) is 25.0. The third kappa shape index (κ3) is 11.9. The van der Waals surface area contributed by atoms with Crippen molar-refractivity contribution < 1.29 is 14.4 Å². The standard InChI is InChI=1S/C22H23N3O.C20H25N3OSi.C17H16IN3O/c1-22(2,3)20(26)17-12-23-21-19(17)25-18(13-24-21)16-10-6-9-15(11-16)14-7-4-5-8-14;1-20(2,3)18(24)15-11-21-19-17(15)23-16(12-22-19)13-8-7-9-14(10-13)25(4,5)6;1-17(2,3)15(22)12-8-19-16-14(12)21-13(9-20-16)10-5-4-6-11(18)7-10/h6-7,9-13H,4-5,8H2,1-3H3,(H,23,24);7-12H,1-6H3,(H,21,22);4-9H,1-3H3,(H,19,20). The summed E-state index contributed by atoms with van der Waals surface area (Å²) in [4.78, 5) is 74.7. The second-order valence-corrected chi connectivity index (χ2v) is 29.1. The molecule has 0 aliphatic heterocycles. The molecule has 0 saturated heterocycles. The number of carbonyl (C=O) groups is 3. The summed E-state index contributed by atoms with van der Waals surface area (Å²) in [5.41, 5.74) is 12.4. The molecule has 12 nitrogen and oxygen atoms in total. The highest BCUT2D eigenvalue weighted by Gasteiger charge is 2.29. The first kappa shape index (κ1) is 52.5. The second-order valence-electron chi connectivity index (χ2n) is 22.7. The van der Waals surface area contributed by atoms with Gasteiger partial charge in [-0.1, -0.05) is 148 Å². The van der Waals surface area contributed by atoms with E-state index in [0.29, 0.717) is 50.2 Å². The molecule has 0 bridgehead atoms. The SMILES string of the molecule is CC(C)(C)C(=O)c1c[nH]c2ncc(-c3cccc(C4=CCCC4)c3)nc12.CC(C)(C)C(=O)c1c[nH]c2ncc(-c3cccc(I)c3)nc12.CC(C)(C)C(=O)c1c[nH]c2ncc(-c3cccc([Si](C)(C)C)c3)nc12. The summed E-state index contributed by atoms with van der Waals surface area (Å²) < 4.78 is 1.14. The number of benzene rings is 3. The lowest BCUT2D eigenvalue weighted by Gasteiger charge is -2.17. The Morgan fingerprint density at radius 2 is 0.904 bits per heavy atom. The molecule has 3 N–H and O–H groups in total. The van der Waals surface area contributed by atoms with Gasteiger partial charge in [-0.05, 0) is 71.2 Å². The van der Waals surface area contributed by atoms with Crippen LogP contribution >= 0.6 is 22.6 Å². The molecule has 14 heteroatoms. The predicted molar refractivity (Wildman–Crippen MR) is 307 cm³/mol. The van der Waals surface area contributed by atoms with Crippen LogP contribution in [0, 0.1) is 19.8 Å². The topological polar surface area (TPSA) is 176 Å². The van der Waals surface area contributed by atoms with Gasteiger partial charge in [0.15, 0.2) is 34.3 Å². The van der Waals surface area contributed by atoms with E-state index in [1.807, 2.05) is 92.6 Å². The Labute approximate surface area is 442 Å². The smallest absolute Gasteiger partial charge is 0.171 e. The summed E-state index contributed by atoms with van der Waals surface area (Å²) in [5.74, 6) is 0.203. The van der Waals surface area contributed by atoms with Gasteiger partial charge in [-0.25, -0.2) is 29.9 Å².